The van der Waals surface area contributed by atoms with E-state index in [1.165, 1.54) is 0 Å². The molecule has 2 amide bonds. The number of carbonyl (C=O) groups is 2. The van der Waals surface area contributed by atoms with Crippen molar-refractivity contribution in [2.45, 2.75) is 18.9 Å². The molecule has 1 fully saturated rings. The van der Waals surface area contributed by atoms with Crippen molar-refractivity contribution in [3.05, 3.63) is 66.2 Å². The summed E-state index contributed by atoms with van der Waals surface area (Å²) < 4.78 is 11.0. The van der Waals surface area contributed by atoms with Gasteiger partial charge in [0.15, 0.2) is 6.61 Å². The van der Waals surface area contributed by atoms with Gasteiger partial charge in [-0.3, -0.25) is 9.59 Å². The van der Waals surface area contributed by atoms with Crippen molar-refractivity contribution in [3.8, 4) is 5.75 Å². The first-order valence-electron chi connectivity index (χ1n) is 9.98. The Morgan fingerprint density at radius 1 is 1.03 bits per heavy atom. The maximum absolute atomic E-state index is 12.5. The van der Waals surface area contributed by atoms with Crippen LogP contribution in [0.2, 0.25) is 0 Å². The lowest BCUT2D eigenvalue weighted by Crippen LogP contribution is -2.45. The Hall–Kier alpha value is -2.86. The summed E-state index contributed by atoms with van der Waals surface area (Å²) in [6.45, 7) is 1.60. The number of carbonyl (C=O) groups excluding carboxylic acids is 2. The van der Waals surface area contributed by atoms with Crippen LogP contribution in [0, 0.1) is 5.92 Å². The highest BCUT2D eigenvalue weighted by Crippen LogP contribution is 2.19. The first-order valence-corrected chi connectivity index (χ1v) is 9.98. The first-order chi connectivity index (χ1) is 14.2. The number of nitrogens with zero attached hydrogens (tertiary/aromatic N) is 1. The fourth-order valence-electron chi connectivity index (χ4n) is 3.49. The highest BCUT2D eigenvalue weighted by atomic mass is 16.5. The standard InChI is InChI=1S/C23H28N2O4/c1-28-21(18-8-4-2-5-9-18)16-24-23(27)19-12-14-25(15-13-19)22(26)17-29-20-10-6-3-7-11-20/h2-11,19,21H,12-17H2,1H3,(H,24,27). The Kier molecular flexibility index (Phi) is 7.64. The predicted molar refractivity (Wildman–Crippen MR) is 110 cm³/mol. The fourth-order valence-corrected chi connectivity index (χ4v) is 3.49. The molecule has 2 aromatic carbocycles. The van der Waals surface area contributed by atoms with Crippen molar-refractivity contribution in [1.29, 1.82) is 0 Å². The molecule has 2 aromatic rings. The van der Waals surface area contributed by atoms with Crippen molar-refractivity contribution in [1.82, 2.24) is 10.2 Å². The number of para-hydroxylation sites is 1. The van der Waals surface area contributed by atoms with Gasteiger partial charge in [-0.25, -0.2) is 0 Å². The molecule has 1 N–H and O–H groups in total. The van der Waals surface area contributed by atoms with Crippen LogP contribution in [0.1, 0.15) is 24.5 Å². The molecule has 0 bridgehead atoms. The number of hydrogen-bond donors (Lipinski definition) is 1. The Balaban J connectivity index is 1.40. The minimum absolute atomic E-state index is 0.0213. The van der Waals surface area contributed by atoms with E-state index in [0.717, 1.165) is 5.56 Å². The minimum atomic E-state index is -0.169. The summed E-state index contributed by atoms with van der Waals surface area (Å²) in [7, 11) is 1.64. The SMILES string of the molecule is COC(CNC(=O)C1CCN(C(=O)COc2ccccc2)CC1)c1ccccc1. The third-order valence-corrected chi connectivity index (χ3v) is 5.24. The molecule has 1 atom stereocenters. The van der Waals surface area contributed by atoms with E-state index in [2.05, 4.69) is 5.32 Å². The van der Waals surface area contributed by atoms with Crippen LogP contribution in [-0.2, 0) is 14.3 Å². The van der Waals surface area contributed by atoms with E-state index in [9.17, 15) is 9.59 Å². The fraction of sp³-hybridized carbons (Fsp3) is 0.391. The zero-order valence-electron chi connectivity index (χ0n) is 16.8. The number of likely N-dealkylation sites (tertiary alicyclic amines) is 1. The van der Waals surface area contributed by atoms with Crippen LogP contribution < -0.4 is 10.1 Å². The quantitative estimate of drug-likeness (QED) is 0.745. The predicted octanol–water partition coefficient (Wildman–Crippen LogP) is 2.81. The second kappa shape index (κ2) is 10.6. The number of benzene rings is 2. The number of nitrogens with one attached hydrogen (secondary N) is 1. The molecule has 1 saturated heterocycles. The van der Waals surface area contributed by atoms with Crippen molar-refractivity contribution < 1.29 is 19.1 Å². The van der Waals surface area contributed by atoms with Gasteiger partial charge in [0.2, 0.25) is 5.91 Å². The van der Waals surface area contributed by atoms with E-state index in [-0.39, 0.29) is 30.4 Å². The number of methoxy groups -OCH3 is 1. The van der Waals surface area contributed by atoms with E-state index in [1.807, 2.05) is 60.7 Å². The number of amides is 2. The third kappa shape index (κ3) is 6.06. The highest BCUT2D eigenvalue weighted by Gasteiger charge is 2.27. The van der Waals surface area contributed by atoms with Crippen molar-refractivity contribution in [3.63, 3.8) is 0 Å². The van der Waals surface area contributed by atoms with Crippen LogP contribution in [0.4, 0.5) is 0 Å². The average molecular weight is 396 g/mol. The topological polar surface area (TPSA) is 67.9 Å². The van der Waals surface area contributed by atoms with Crippen LogP contribution in [0.3, 0.4) is 0 Å². The molecule has 154 valence electrons. The van der Waals surface area contributed by atoms with E-state index in [1.54, 1.807) is 12.0 Å². The molecule has 0 aromatic heterocycles. The number of piperidine rings is 1. The monoisotopic (exact) mass is 396 g/mol. The molecule has 1 aliphatic rings. The van der Waals surface area contributed by atoms with Gasteiger partial charge < -0.3 is 19.7 Å². The van der Waals surface area contributed by atoms with Gasteiger partial charge in [0.1, 0.15) is 5.75 Å². The van der Waals surface area contributed by atoms with Gasteiger partial charge >= 0.3 is 0 Å². The summed E-state index contributed by atoms with van der Waals surface area (Å²) in [5, 5.41) is 3.00. The summed E-state index contributed by atoms with van der Waals surface area (Å²) >= 11 is 0. The molecule has 6 heteroatoms. The summed E-state index contributed by atoms with van der Waals surface area (Å²) in [6.07, 6.45) is 1.15. The molecule has 29 heavy (non-hydrogen) atoms. The molecule has 3 rings (SSSR count). The Labute approximate surface area is 171 Å². The smallest absolute Gasteiger partial charge is 0.260 e. The van der Waals surface area contributed by atoms with Crippen LogP contribution in [0.25, 0.3) is 0 Å². The molecule has 1 heterocycles. The summed E-state index contributed by atoms with van der Waals surface area (Å²) in [4.78, 5) is 26.7. The Morgan fingerprint density at radius 3 is 2.28 bits per heavy atom. The van der Waals surface area contributed by atoms with Gasteiger partial charge in [0.25, 0.3) is 5.91 Å². The number of hydrogen-bond acceptors (Lipinski definition) is 4. The van der Waals surface area contributed by atoms with Gasteiger partial charge in [0, 0.05) is 32.7 Å². The van der Waals surface area contributed by atoms with Crippen molar-refractivity contribution in [2.75, 3.05) is 33.4 Å². The maximum atomic E-state index is 12.5. The van der Waals surface area contributed by atoms with Gasteiger partial charge in [0.05, 0.1) is 6.10 Å². The highest BCUT2D eigenvalue weighted by molar-refractivity contribution is 5.80. The Bertz CT molecular complexity index is 774. The van der Waals surface area contributed by atoms with Crippen LogP contribution in [0.5, 0.6) is 5.75 Å². The molecule has 0 saturated carbocycles. The van der Waals surface area contributed by atoms with E-state index in [0.29, 0.717) is 38.2 Å². The molecule has 0 spiro atoms. The van der Waals surface area contributed by atoms with E-state index in [4.69, 9.17) is 9.47 Å². The third-order valence-electron chi connectivity index (χ3n) is 5.24. The normalized spacial score (nSPS) is 15.6. The molecule has 6 nitrogen and oxygen atoms in total. The van der Waals surface area contributed by atoms with Gasteiger partial charge in [-0.1, -0.05) is 48.5 Å². The summed E-state index contributed by atoms with van der Waals surface area (Å²) in [6, 6.07) is 19.1. The Morgan fingerprint density at radius 2 is 1.66 bits per heavy atom. The molecule has 1 unspecified atom stereocenters. The molecule has 0 radical (unpaired) electrons. The molecular weight excluding hydrogens is 368 g/mol. The minimum Gasteiger partial charge on any atom is -0.484 e. The molecule has 0 aliphatic carbocycles. The largest absolute Gasteiger partial charge is 0.484 e. The molecular formula is C23H28N2O4. The van der Waals surface area contributed by atoms with Crippen LogP contribution in [-0.4, -0.2) is 50.1 Å². The van der Waals surface area contributed by atoms with Gasteiger partial charge in [-0.15, -0.1) is 0 Å². The number of ether oxygens (including phenoxy) is 2. The summed E-state index contributed by atoms with van der Waals surface area (Å²) in [5.41, 5.74) is 1.04. The lowest BCUT2D eigenvalue weighted by molar-refractivity contribution is -0.137. The van der Waals surface area contributed by atoms with Gasteiger partial charge in [-0.05, 0) is 30.5 Å². The van der Waals surface area contributed by atoms with E-state index < -0.39 is 0 Å². The lowest BCUT2D eigenvalue weighted by Gasteiger charge is -2.31. The molecule has 1 aliphatic heterocycles. The zero-order chi connectivity index (χ0) is 20.5. The average Bonchev–Trinajstić information content (AvgIpc) is 2.79. The second-order valence-electron chi connectivity index (χ2n) is 7.14. The maximum Gasteiger partial charge on any atom is 0.260 e. The van der Waals surface area contributed by atoms with Crippen molar-refractivity contribution >= 4 is 11.8 Å². The van der Waals surface area contributed by atoms with Crippen molar-refractivity contribution in [2.24, 2.45) is 5.92 Å². The zero-order valence-corrected chi connectivity index (χ0v) is 16.8. The second-order valence-corrected chi connectivity index (χ2v) is 7.14. The lowest BCUT2D eigenvalue weighted by atomic mass is 9.95. The van der Waals surface area contributed by atoms with E-state index >= 15 is 0 Å². The summed E-state index contributed by atoms with van der Waals surface area (Å²) in [5.74, 6) is 0.579. The van der Waals surface area contributed by atoms with Gasteiger partial charge in [-0.2, -0.15) is 0 Å². The van der Waals surface area contributed by atoms with Crippen LogP contribution >= 0.6 is 0 Å². The first kappa shape index (κ1) is 20.9. The van der Waals surface area contributed by atoms with Crippen LogP contribution in [0.15, 0.2) is 60.7 Å². The number of rotatable bonds is 8.